The van der Waals surface area contributed by atoms with E-state index in [4.69, 9.17) is 0 Å². The molecule has 2 aromatic carbocycles. The molecule has 8 nitrogen and oxygen atoms in total. The van der Waals surface area contributed by atoms with E-state index in [-0.39, 0.29) is 29.7 Å². The van der Waals surface area contributed by atoms with Crippen LogP contribution in [0.1, 0.15) is 23.2 Å². The lowest BCUT2D eigenvalue weighted by atomic mass is 9.96. The molecule has 1 fully saturated rings. The number of anilines is 1. The number of hydrogen-bond donors (Lipinski definition) is 2. The lowest BCUT2D eigenvalue weighted by Gasteiger charge is -2.37. The second-order valence-electron chi connectivity index (χ2n) is 8.60. The molecule has 2 aliphatic rings. The predicted octanol–water partition coefficient (Wildman–Crippen LogP) is 2.93. The fraction of sp³-hybridized carbons (Fsp3) is 0.240. The molecule has 3 amide bonds. The number of thiophene rings is 1. The maximum Gasteiger partial charge on any atom is 0.256 e. The Morgan fingerprint density at radius 3 is 2.63 bits per heavy atom. The highest BCUT2D eigenvalue weighted by atomic mass is 32.2. The first kappa shape index (κ1) is 23.3. The molecule has 0 bridgehead atoms. The monoisotopic (exact) mass is 509 g/mol. The molecule has 2 N–H and O–H groups in total. The molecule has 0 spiro atoms. The molecule has 2 aliphatic heterocycles. The summed E-state index contributed by atoms with van der Waals surface area (Å²) in [4.78, 5) is 41.6. The summed E-state index contributed by atoms with van der Waals surface area (Å²) >= 11 is 1.57. The van der Waals surface area contributed by atoms with Crippen LogP contribution in [0.3, 0.4) is 0 Å². The molecule has 2 atom stereocenters. The molecule has 5 rings (SSSR count). The molecule has 0 aliphatic carbocycles. The number of sulfone groups is 1. The fourth-order valence-corrected chi connectivity index (χ4v) is 6.43. The van der Waals surface area contributed by atoms with Crippen LogP contribution in [-0.4, -0.2) is 55.4 Å². The minimum absolute atomic E-state index is 0.0818. The number of rotatable bonds is 5. The predicted molar refractivity (Wildman–Crippen MR) is 133 cm³/mol. The standard InChI is InChI=1S/C25H23N3O5S2/c29-23(15-35(32,33)18-5-2-1-3-6-18)26-17-10-11-28-21(14-17)24(30)27-20-9-8-16(13-19(20)25(28)31)22-7-4-12-34-22/h1-9,12-13,17,21H,10-11,14-15H2,(H,26,29)(H,27,30)/t17-,21+/m1/s1. The van der Waals surface area contributed by atoms with Crippen molar-refractivity contribution in [2.24, 2.45) is 0 Å². The average molecular weight is 510 g/mol. The number of benzene rings is 2. The zero-order chi connectivity index (χ0) is 24.6. The van der Waals surface area contributed by atoms with Crippen molar-refractivity contribution < 1.29 is 22.8 Å². The van der Waals surface area contributed by atoms with E-state index in [1.165, 1.54) is 12.1 Å². The highest BCUT2D eigenvalue weighted by molar-refractivity contribution is 7.92. The van der Waals surface area contributed by atoms with Gasteiger partial charge in [0.05, 0.1) is 16.1 Å². The number of nitrogens with zero attached hydrogens (tertiary/aromatic N) is 1. The minimum atomic E-state index is -3.77. The van der Waals surface area contributed by atoms with Gasteiger partial charge in [-0.15, -0.1) is 11.3 Å². The molecule has 1 saturated heterocycles. The van der Waals surface area contributed by atoms with Crippen LogP contribution in [0.25, 0.3) is 10.4 Å². The van der Waals surface area contributed by atoms with Crippen molar-refractivity contribution in [3.63, 3.8) is 0 Å². The third-order valence-corrected chi connectivity index (χ3v) is 8.82. The van der Waals surface area contributed by atoms with Crippen LogP contribution >= 0.6 is 11.3 Å². The minimum Gasteiger partial charge on any atom is -0.352 e. The second-order valence-corrected chi connectivity index (χ2v) is 11.5. The van der Waals surface area contributed by atoms with Crippen LogP contribution in [0, 0.1) is 0 Å². The van der Waals surface area contributed by atoms with Gasteiger partial charge in [0, 0.05) is 17.5 Å². The summed E-state index contributed by atoms with van der Waals surface area (Å²) in [6.07, 6.45) is 0.632. The number of hydrogen-bond acceptors (Lipinski definition) is 6. The molecule has 35 heavy (non-hydrogen) atoms. The molecule has 0 saturated carbocycles. The van der Waals surface area contributed by atoms with Crippen LogP contribution < -0.4 is 10.6 Å². The van der Waals surface area contributed by atoms with Gasteiger partial charge < -0.3 is 15.5 Å². The molecule has 3 aromatic rings. The number of carbonyl (C=O) groups excluding carboxylic acids is 3. The van der Waals surface area contributed by atoms with Gasteiger partial charge in [-0.1, -0.05) is 30.3 Å². The average Bonchev–Trinajstić information content (AvgIpc) is 3.36. The number of piperidine rings is 1. The third-order valence-electron chi connectivity index (χ3n) is 6.27. The van der Waals surface area contributed by atoms with Gasteiger partial charge in [0.15, 0.2) is 9.84 Å². The van der Waals surface area contributed by atoms with E-state index in [1.807, 2.05) is 23.6 Å². The Morgan fingerprint density at radius 1 is 1.09 bits per heavy atom. The van der Waals surface area contributed by atoms with Crippen LogP contribution in [0.5, 0.6) is 0 Å². The van der Waals surface area contributed by atoms with Crippen molar-refractivity contribution in [2.75, 3.05) is 17.6 Å². The molecule has 10 heteroatoms. The van der Waals surface area contributed by atoms with Gasteiger partial charge in [0.2, 0.25) is 11.8 Å². The summed E-state index contributed by atoms with van der Waals surface area (Å²) in [5.41, 5.74) is 1.80. The Morgan fingerprint density at radius 2 is 1.89 bits per heavy atom. The molecular formula is C25H23N3O5S2. The third kappa shape index (κ3) is 4.71. The van der Waals surface area contributed by atoms with E-state index >= 15 is 0 Å². The first-order chi connectivity index (χ1) is 16.8. The lowest BCUT2D eigenvalue weighted by Crippen LogP contribution is -2.55. The smallest absolute Gasteiger partial charge is 0.256 e. The largest absolute Gasteiger partial charge is 0.352 e. The maximum absolute atomic E-state index is 13.4. The normalized spacial score (nSPS) is 19.8. The van der Waals surface area contributed by atoms with Crippen LogP contribution in [0.4, 0.5) is 5.69 Å². The van der Waals surface area contributed by atoms with Crippen LogP contribution in [-0.2, 0) is 19.4 Å². The summed E-state index contributed by atoms with van der Waals surface area (Å²) in [6, 6.07) is 16.0. The van der Waals surface area contributed by atoms with E-state index in [0.29, 0.717) is 17.7 Å². The van der Waals surface area contributed by atoms with Crippen molar-refractivity contribution >= 4 is 44.6 Å². The van der Waals surface area contributed by atoms with E-state index < -0.39 is 33.6 Å². The molecule has 180 valence electrons. The Balaban J connectivity index is 1.29. The van der Waals surface area contributed by atoms with Gasteiger partial charge >= 0.3 is 0 Å². The van der Waals surface area contributed by atoms with Crippen LogP contribution in [0.15, 0.2) is 70.9 Å². The van der Waals surface area contributed by atoms with Gasteiger partial charge in [-0.25, -0.2) is 8.42 Å². The Kier molecular flexibility index (Phi) is 6.16. The molecule has 1 aromatic heterocycles. The number of fused-ring (bicyclic) bond motifs is 2. The number of nitrogens with one attached hydrogen (secondary N) is 2. The van der Waals surface area contributed by atoms with Crippen molar-refractivity contribution in [2.45, 2.75) is 29.8 Å². The van der Waals surface area contributed by atoms with Gasteiger partial charge in [0.1, 0.15) is 11.8 Å². The zero-order valence-electron chi connectivity index (χ0n) is 18.6. The fourth-order valence-electron chi connectivity index (χ4n) is 4.54. The number of carbonyl (C=O) groups is 3. The number of amides is 3. The van der Waals surface area contributed by atoms with Gasteiger partial charge in [-0.3, -0.25) is 14.4 Å². The van der Waals surface area contributed by atoms with Crippen LogP contribution in [0.2, 0.25) is 0 Å². The molecular weight excluding hydrogens is 486 g/mol. The van der Waals surface area contributed by atoms with E-state index in [2.05, 4.69) is 10.6 Å². The quantitative estimate of drug-likeness (QED) is 0.549. The van der Waals surface area contributed by atoms with E-state index in [9.17, 15) is 22.8 Å². The maximum atomic E-state index is 13.4. The first-order valence-corrected chi connectivity index (χ1v) is 13.7. The molecule has 0 radical (unpaired) electrons. The first-order valence-electron chi connectivity index (χ1n) is 11.2. The SMILES string of the molecule is O=C(CS(=O)(=O)c1ccccc1)N[C@@H]1CCN2C(=O)c3cc(-c4cccs4)ccc3NC(=O)[C@@H]2C1. The van der Waals surface area contributed by atoms with Crippen molar-refractivity contribution in [1.29, 1.82) is 0 Å². The van der Waals surface area contributed by atoms with E-state index in [1.54, 1.807) is 46.6 Å². The van der Waals surface area contributed by atoms with Crippen molar-refractivity contribution in [3.05, 3.63) is 71.6 Å². The second kappa shape index (κ2) is 9.27. The summed E-state index contributed by atoms with van der Waals surface area (Å²) in [6.45, 7) is 0.274. The Bertz CT molecular complexity index is 1390. The molecule has 3 heterocycles. The summed E-state index contributed by atoms with van der Waals surface area (Å²) in [7, 11) is -3.77. The Hall–Kier alpha value is -3.50. The zero-order valence-corrected chi connectivity index (χ0v) is 20.3. The highest BCUT2D eigenvalue weighted by Gasteiger charge is 2.40. The van der Waals surface area contributed by atoms with Gasteiger partial charge in [-0.2, -0.15) is 0 Å². The molecule has 0 unspecified atom stereocenters. The van der Waals surface area contributed by atoms with E-state index in [0.717, 1.165) is 10.4 Å². The van der Waals surface area contributed by atoms with Gasteiger partial charge in [0.25, 0.3) is 5.91 Å². The summed E-state index contributed by atoms with van der Waals surface area (Å²) in [5, 5.41) is 7.56. The highest BCUT2D eigenvalue weighted by Crippen LogP contribution is 2.33. The topological polar surface area (TPSA) is 113 Å². The lowest BCUT2D eigenvalue weighted by molar-refractivity contribution is -0.124. The summed E-state index contributed by atoms with van der Waals surface area (Å²) in [5.74, 6) is -1.87. The Labute approximate surface area is 206 Å². The summed E-state index contributed by atoms with van der Waals surface area (Å²) < 4.78 is 25.0. The van der Waals surface area contributed by atoms with Gasteiger partial charge in [-0.05, 0) is 54.1 Å². The van der Waals surface area contributed by atoms with Crippen molar-refractivity contribution in [1.82, 2.24) is 10.2 Å². The van der Waals surface area contributed by atoms with Crippen molar-refractivity contribution in [3.8, 4) is 10.4 Å².